The van der Waals surface area contributed by atoms with E-state index in [1.54, 1.807) is 0 Å². The summed E-state index contributed by atoms with van der Waals surface area (Å²) >= 11 is 5.44. The van der Waals surface area contributed by atoms with Crippen LogP contribution in [0.4, 0.5) is 0 Å². The van der Waals surface area contributed by atoms with Gasteiger partial charge >= 0.3 is 0 Å². The zero-order chi connectivity index (χ0) is 13.3. The number of aryl methyl sites for hydroxylation is 1. The van der Waals surface area contributed by atoms with E-state index >= 15 is 0 Å². The smallest absolute Gasteiger partial charge is 0.179 e. The van der Waals surface area contributed by atoms with Crippen LogP contribution >= 0.6 is 12.2 Å². The van der Waals surface area contributed by atoms with Crippen LogP contribution in [0.2, 0.25) is 0 Å². The van der Waals surface area contributed by atoms with Gasteiger partial charge in [-0.25, -0.2) is 4.98 Å². The normalized spacial score (nSPS) is 13.4. The van der Waals surface area contributed by atoms with Crippen LogP contribution in [0.1, 0.15) is 45.2 Å². The fraction of sp³-hybridized carbons (Fsp3) is 0.571. The lowest BCUT2D eigenvalue weighted by Gasteiger charge is -2.15. The minimum Gasteiger partial charge on any atom is -0.329 e. The first kappa shape index (κ1) is 13.3. The number of nitrogens with one attached hydrogen (secondary N) is 1. The van der Waals surface area contributed by atoms with Gasteiger partial charge in [0.15, 0.2) is 10.4 Å². The van der Waals surface area contributed by atoms with Gasteiger partial charge in [0.05, 0.1) is 5.52 Å². The third-order valence-corrected chi connectivity index (χ3v) is 3.72. The quantitative estimate of drug-likeness (QED) is 0.829. The van der Waals surface area contributed by atoms with Crippen LogP contribution < -0.4 is 0 Å². The largest absolute Gasteiger partial charge is 0.329 e. The minimum atomic E-state index is 0.392. The summed E-state index contributed by atoms with van der Waals surface area (Å²) in [6.07, 6.45) is 4.20. The monoisotopic (exact) mass is 263 g/mol. The summed E-state index contributed by atoms with van der Waals surface area (Å²) in [4.78, 5) is 7.76. The molecule has 2 aromatic heterocycles. The Labute approximate surface area is 113 Å². The standard InChI is InChI=1S/C14H21N3S/c1-9(2)5-6-11(4)17-13-12(16-14(17)18)10(3)7-8-15-13/h7-9,11H,5-6H2,1-4H3,(H,16,18). The van der Waals surface area contributed by atoms with Crippen molar-refractivity contribution in [3.63, 3.8) is 0 Å². The number of hydrogen-bond acceptors (Lipinski definition) is 2. The van der Waals surface area contributed by atoms with E-state index in [0.717, 1.165) is 28.3 Å². The molecule has 0 aliphatic rings. The van der Waals surface area contributed by atoms with Crippen molar-refractivity contribution in [1.82, 2.24) is 14.5 Å². The third kappa shape index (κ3) is 2.48. The van der Waals surface area contributed by atoms with Gasteiger partial charge in [-0.15, -0.1) is 0 Å². The van der Waals surface area contributed by atoms with Crippen molar-refractivity contribution in [2.75, 3.05) is 0 Å². The van der Waals surface area contributed by atoms with Gasteiger partial charge in [-0.2, -0.15) is 0 Å². The lowest BCUT2D eigenvalue weighted by atomic mass is 10.0. The Kier molecular flexibility index (Phi) is 3.85. The van der Waals surface area contributed by atoms with Crippen LogP contribution in [0.3, 0.4) is 0 Å². The first-order valence-corrected chi connectivity index (χ1v) is 6.97. The maximum Gasteiger partial charge on any atom is 0.179 e. The van der Waals surface area contributed by atoms with Gasteiger partial charge in [-0.1, -0.05) is 13.8 Å². The maximum atomic E-state index is 5.44. The highest BCUT2D eigenvalue weighted by Gasteiger charge is 2.13. The summed E-state index contributed by atoms with van der Waals surface area (Å²) in [6.45, 7) is 8.81. The van der Waals surface area contributed by atoms with Crippen LogP contribution in [0.15, 0.2) is 12.3 Å². The number of aromatic nitrogens is 3. The molecule has 0 saturated carbocycles. The summed E-state index contributed by atoms with van der Waals surface area (Å²) < 4.78 is 2.93. The van der Waals surface area contributed by atoms with Crippen LogP contribution in [0, 0.1) is 17.6 Å². The van der Waals surface area contributed by atoms with E-state index in [2.05, 4.69) is 42.2 Å². The second-order valence-electron chi connectivity index (χ2n) is 5.45. The van der Waals surface area contributed by atoms with Crippen LogP contribution in [0.5, 0.6) is 0 Å². The molecule has 4 heteroatoms. The van der Waals surface area contributed by atoms with Crippen molar-refractivity contribution in [2.45, 2.75) is 46.6 Å². The first-order valence-electron chi connectivity index (χ1n) is 6.56. The van der Waals surface area contributed by atoms with Crippen molar-refractivity contribution in [2.24, 2.45) is 5.92 Å². The number of aromatic amines is 1. The zero-order valence-corrected chi connectivity index (χ0v) is 12.3. The average molecular weight is 263 g/mol. The van der Waals surface area contributed by atoms with E-state index in [-0.39, 0.29) is 0 Å². The van der Waals surface area contributed by atoms with Crippen molar-refractivity contribution < 1.29 is 0 Å². The van der Waals surface area contributed by atoms with E-state index in [0.29, 0.717) is 6.04 Å². The highest BCUT2D eigenvalue weighted by Crippen LogP contribution is 2.23. The SMILES string of the molecule is Cc1ccnc2c1[nH]c(=S)n2C(C)CCC(C)C. The second-order valence-corrected chi connectivity index (χ2v) is 5.83. The van der Waals surface area contributed by atoms with Crippen molar-refractivity contribution in [3.05, 3.63) is 22.6 Å². The van der Waals surface area contributed by atoms with E-state index in [4.69, 9.17) is 12.2 Å². The molecule has 1 N–H and O–H groups in total. The number of pyridine rings is 1. The molecule has 2 rings (SSSR count). The van der Waals surface area contributed by atoms with Crippen molar-refractivity contribution in [1.29, 1.82) is 0 Å². The molecule has 1 atom stereocenters. The molecule has 0 radical (unpaired) electrons. The Bertz CT molecular complexity index is 595. The van der Waals surface area contributed by atoms with Gasteiger partial charge in [0.2, 0.25) is 0 Å². The Morgan fingerprint density at radius 1 is 1.33 bits per heavy atom. The summed E-state index contributed by atoms with van der Waals surface area (Å²) in [5.74, 6) is 0.724. The number of fused-ring (bicyclic) bond motifs is 1. The number of nitrogens with zero attached hydrogens (tertiary/aromatic N) is 2. The second kappa shape index (κ2) is 5.22. The van der Waals surface area contributed by atoms with Gasteiger partial charge in [0, 0.05) is 12.2 Å². The lowest BCUT2D eigenvalue weighted by Crippen LogP contribution is -2.07. The first-order chi connectivity index (χ1) is 8.50. The zero-order valence-electron chi connectivity index (χ0n) is 11.5. The molecule has 0 bridgehead atoms. The van der Waals surface area contributed by atoms with Crippen LogP contribution in [-0.2, 0) is 0 Å². The summed E-state index contributed by atoms with van der Waals surface area (Å²) in [5, 5.41) is 0. The lowest BCUT2D eigenvalue weighted by molar-refractivity contribution is 0.442. The summed E-state index contributed by atoms with van der Waals surface area (Å²) in [7, 11) is 0. The highest BCUT2D eigenvalue weighted by atomic mass is 32.1. The molecule has 18 heavy (non-hydrogen) atoms. The highest BCUT2D eigenvalue weighted by molar-refractivity contribution is 7.71. The van der Waals surface area contributed by atoms with Crippen molar-refractivity contribution >= 4 is 23.4 Å². The average Bonchev–Trinajstić information content (AvgIpc) is 2.64. The van der Waals surface area contributed by atoms with E-state index in [1.807, 2.05) is 12.3 Å². The Morgan fingerprint density at radius 3 is 2.72 bits per heavy atom. The molecule has 98 valence electrons. The van der Waals surface area contributed by atoms with Gasteiger partial charge < -0.3 is 4.98 Å². The molecule has 0 amide bonds. The Hall–Kier alpha value is -1.16. The van der Waals surface area contributed by atoms with E-state index in [1.165, 1.54) is 12.0 Å². The molecule has 0 fully saturated rings. The van der Waals surface area contributed by atoms with E-state index in [9.17, 15) is 0 Å². The van der Waals surface area contributed by atoms with E-state index < -0.39 is 0 Å². The molecule has 2 aromatic rings. The van der Waals surface area contributed by atoms with Crippen LogP contribution in [0.25, 0.3) is 11.2 Å². The molecule has 0 spiro atoms. The number of H-pyrrole nitrogens is 1. The predicted molar refractivity (Wildman–Crippen MR) is 78.4 cm³/mol. The molecule has 0 aromatic carbocycles. The fourth-order valence-corrected chi connectivity index (χ4v) is 2.63. The predicted octanol–water partition coefficient (Wildman–Crippen LogP) is 4.40. The Morgan fingerprint density at radius 2 is 2.06 bits per heavy atom. The summed E-state index contributed by atoms with van der Waals surface area (Å²) in [5.41, 5.74) is 3.25. The maximum absolute atomic E-state index is 5.44. The number of hydrogen-bond donors (Lipinski definition) is 1. The molecule has 0 aliphatic heterocycles. The molecular weight excluding hydrogens is 242 g/mol. The molecule has 1 unspecified atom stereocenters. The van der Waals surface area contributed by atoms with Crippen LogP contribution in [-0.4, -0.2) is 14.5 Å². The van der Waals surface area contributed by atoms with Crippen molar-refractivity contribution in [3.8, 4) is 0 Å². The molecule has 3 nitrogen and oxygen atoms in total. The third-order valence-electron chi connectivity index (χ3n) is 3.42. The number of rotatable bonds is 4. The molecule has 0 saturated heterocycles. The number of imidazole rings is 1. The molecule has 0 aliphatic carbocycles. The van der Waals surface area contributed by atoms with Gasteiger partial charge in [0.1, 0.15) is 0 Å². The molecular formula is C14H21N3S. The molecule has 2 heterocycles. The van der Waals surface area contributed by atoms with Gasteiger partial charge in [-0.3, -0.25) is 4.57 Å². The summed E-state index contributed by atoms with van der Waals surface area (Å²) in [6, 6.07) is 2.40. The fourth-order valence-electron chi connectivity index (χ4n) is 2.26. The topological polar surface area (TPSA) is 33.6 Å². The van der Waals surface area contributed by atoms with Gasteiger partial charge in [0.25, 0.3) is 0 Å². The Balaban J connectivity index is 2.41. The van der Waals surface area contributed by atoms with Gasteiger partial charge in [-0.05, 0) is 56.5 Å². The minimum absolute atomic E-state index is 0.392.